The molecule has 86 valence electrons. The van der Waals surface area contributed by atoms with Crippen LogP contribution in [0.4, 0.5) is 13.2 Å². The van der Waals surface area contributed by atoms with E-state index in [1.54, 1.807) is 0 Å². The summed E-state index contributed by atoms with van der Waals surface area (Å²) in [5.41, 5.74) is -0.638. The molecule has 0 spiro atoms. The predicted octanol–water partition coefficient (Wildman–Crippen LogP) is 3.66. The lowest BCUT2D eigenvalue weighted by molar-refractivity contribution is -0.137. The van der Waals surface area contributed by atoms with Crippen LogP contribution in [0.3, 0.4) is 0 Å². The molecular weight excluding hydrogens is 223 g/mol. The molecule has 1 nitrogen and oxygen atoms in total. The predicted molar refractivity (Wildman–Crippen MR) is 55.9 cm³/mol. The summed E-state index contributed by atoms with van der Waals surface area (Å²) in [6.45, 7) is 6.41. The van der Waals surface area contributed by atoms with E-state index in [1.807, 2.05) is 20.8 Å². The number of rotatable bonds is 2. The molecule has 0 aliphatic carbocycles. The van der Waals surface area contributed by atoms with E-state index in [-0.39, 0.29) is 5.54 Å². The molecule has 1 aromatic rings. The van der Waals surface area contributed by atoms with Crippen molar-refractivity contribution in [3.05, 3.63) is 21.9 Å². The van der Waals surface area contributed by atoms with Crippen LogP contribution < -0.4 is 5.32 Å². The fourth-order valence-corrected chi connectivity index (χ4v) is 1.80. The van der Waals surface area contributed by atoms with Gasteiger partial charge in [0.2, 0.25) is 0 Å². The average Bonchev–Trinajstić information content (AvgIpc) is 2.45. The van der Waals surface area contributed by atoms with Crippen molar-refractivity contribution in [3.63, 3.8) is 0 Å². The number of hydrogen-bond acceptors (Lipinski definition) is 2. The van der Waals surface area contributed by atoms with Crippen LogP contribution in [0.5, 0.6) is 0 Å². The Labute approximate surface area is 91.3 Å². The maximum Gasteiger partial charge on any atom is 0.417 e. The molecule has 0 amide bonds. The highest BCUT2D eigenvalue weighted by atomic mass is 32.1. The highest BCUT2D eigenvalue weighted by Gasteiger charge is 2.31. The summed E-state index contributed by atoms with van der Waals surface area (Å²) in [6.07, 6.45) is -4.23. The Kier molecular flexibility index (Phi) is 3.45. The second kappa shape index (κ2) is 4.14. The molecule has 1 aromatic heterocycles. The van der Waals surface area contributed by atoms with E-state index >= 15 is 0 Å². The minimum Gasteiger partial charge on any atom is -0.307 e. The van der Waals surface area contributed by atoms with Gasteiger partial charge in [0, 0.05) is 22.3 Å². The first-order chi connectivity index (χ1) is 6.68. The maximum absolute atomic E-state index is 12.3. The van der Waals surface area contributed by atoms with E-state index in [0.717, 1.165) is 16.7 Å². The van der Waals surface area contributed by atoms with Gasteiger partial charge in [0.05, 0.1) is 5.56 Å². The van der Waals surface area contributed by atoms with Crippen LogP contribution in [0.15, 0.2) is 11.4 Å². The molecule has 1 rings (SSSR count). The number of halogens is 3. The first-order valence-corrected chi connectivity index (χ1v) is 5.46. The number of thiophene rings is 1. The Hall–Kier alpha value is -0.550. The van der Waals surface area contributed by atoms with Crippen LogP contribution in [0.1, 0.15) is 31.2 Å². The Morgan fingerprint density at radius 1 is 1.27 bits per heavy atom. The monoisotopic (exact) mass is 237 g/mol. The summed E-state index contributed by atoms with van der Waals surface area (Å²) in [5, 5.41) is 4.30. The highest BCUT2D eigenvalue weighted by molar-refractivity contribution is 7.10. The van der Waals surface area contributed by atoms with E-state index in [4.69, 9.17) is 0 Å². The normalized spacial score (nSPS) is 13.2. The third-order valence-electron chi connectivity index (χ3n) is 1.77. The number of hydrogen-bond donors (Lipinski definition) is 1. The van der Waals surface area contributed by atoms with Gasteiger partial charge >= 0.3 is 6.18 Å². The third-order valence-corrected chi connectivity index (χ3v) is 2.71. The van der Waals surface area contributed by atoms with Crippen LogP contribution in [-0.4, -0.2) is 5.54 Å². The molecule has 0 fully saturated rings. The van der Waals surface area contributed by atoms with Crippen molar-refractivity contribution in [1.29, 1.82) is 0 Å². The lowest BCUT2D eigenvalue weighted by Crippen LogP contribution is -2.34. The largest absolute Gasteiger partial charge is 0.417 e. The van der Waals surface area contributed by atoms with E-state index in [9.17, 15) is 13.2 Å². The van der Waals surface area contributed by atoms with Crippen LogP contribution >= 0.6 is 11.3 Å². The van der Waals surface area contributed by atoms with Crippen molar-refractivity contribution >= 4 is 11.3 Å². The molecule has 0 saturated heterocycles. The molecule has 0 saturated carbocycles. The summed E-state index contributed by atoms with van der Waals surface area (Å²) in [7, 11) is 0. The minimum absolute atomic E-state index is 0.0810. The minimum atomic E-state index is -4.23. The topological polar surface area (TPSA) is 12.0 Å². The molecule has 0 aliphatic rings. The van der Waals surface area contributed by atoms with Gasteiger partial charge in [-0.05, 0) is 26.8 Å². The zero-order chi connectivity index (χ0) is 11.7. The van der Waals surface area contributed by atoms with Crippen LogP contribution in [0.25, 0.3) is 0 Å². The third kappa shape index (κ3) is 4.22. The van der Waals surface area contributed by atoms with Gasteiger partial charge in [0.25, 0.3) is 0 Å². The first-order valence-electron chi connectivity index (χ1n) is 4.58. The quantitative estimate of drug-likeness (QED) is 0.827. The second-order valence-electron chi connectivity index (χ2n) is 4.40. The molecule has 5 heteroatoms. The standard InChI is InChI=1S/C10H14F3NS/c1-9(2,3)14-5-8-4-7(6-15-8)10(11,12)13/h4,6,14H,5H2,1-3H3. The van der Waals surface area contributed by atoms with Gasteiger partial charge in [-0.3, -0.25) is 0 Å². The zero-order valence-electron chi connectivity index (χ0n) is 8.90. The van der Waals surface area contributed by atoms with E-state index in [2.05, 4.69) is 5.32 Å². The van der Waals surface area contributed by atoms with Gasteiger partial charge in [-0.1, -0.05) is 0 Å². The molecule has 0 radical (unpaired) electrons. The molecule has 15 heavy (non-hydrogen) atoms. The van der Waals surface area contributed by atoms with Gasteiger partial charge in [-0.25, -0.2) is 0 Å². The summed E-state index contributed by atoms with van der Waals surface area (Å²) in [4.78, 5) is 0.706. The summed E-state index contributed by atoms with van der Waals surface area (Å²) < 4.78 is 36.8. The van der Waals surface area contributed by atoms with Crippen molar-refractivity contribution in [2.24, 2.45) is 0 Å². The van der Waals surface area contributed by atoms with Crippen molar-refractivity contribution in [3.8, 4) is 0 Å². The van der Waals surface area contributed by atoms with Crippen LogP contribution in [0.2, 0.25) is 0 Å². The van der Waals surface area contributed by atoms with E-state index < -0.39 is 11.7 Å². The molecule has 1 N–H and O–H groups in total. The fraction of sp³-hybridized carbons (Fsp3) is 0.600. The fourth-order valence-electron chi connectivity index (χ4n) is 0.974. The Morgan fingerprint density at radius 3 is 2.27 bits per heavy atom. The van der Waals surface area contributed by atoms with Gasteiger partial charge in [0.1, 0.15) is 0 Å². The number of alkyl halides is 3. The number of nitrogens with one attached hydrogen (secondary N) is 1. The Morgan fingerprint density at radius 2 is 1.87 bits per heavy atom. The van der Waals surface area contributed by atoms with Crippen molar-refractivity contribution in [1.82, 2.24) is 5.32 Å². The van der Waals surface area contributed by atoms with Crippen LogP contribution in [0, 0.1) is 0 Å². The first kappa shape index (κ1) is 12.5. The maximum atomic E-state index is 12.3. The lowest BCUT2D eigenvalue weighted by atomic mass is 10.1. The average molecular weight is 237 g/mol. The smallest absolute Gasteiger partial charge is 0.307 e. The summed E-state index contributed by atoms with van der Waals surface area (Å²) in [5.74, 6) is 0. The molecule has 0 bridgehead atoms. The summed E-state index contributed by atoms with van der Waals surface area (Å²) >= 11 is 1.13. The van der Waals surface area contributed by atoms with E-state index in [0.29, 0.717) is 11.4 Å². The summed E-state index contributed by atoms with van der Waals surface area (Å²) in [6, 6.07) is 1.20. The van der Waals surface area contributed by atoms with E-state index in [1.165, 1.54) is 6.07 Å². The van der Waals surface area contributed by atoms with Gasteiger partial charge < -0.3 is 5.32 Å². The molecule has 1 heterocycles. The molecule has 0 aliphatic heterocycles. The van der Waals surface area contributed by atoms with Crippen molar-refractivity contribution in [2.45, 2.75) is 39.0 Å². The molecule has 0 unspecified atom stereocenters. The highest BCUT2D eigenvalue weighted by Crippen LogP contribution is 2.32. The molecule has 0 aromatic carbocycles. The van der Waals surface area contributed by atoms with Gasteiger partial charge in [0.15, 0.2) is 0 Å². The molecular formula is C10H14F3NS. The van der Waals surface area contributed by atoms with Crippen LogP contribution in [-0.2, 0) is 12.7 Å². The van der Waals surface area contributed by atoms with Gasteiger partial charge in [-0.15, -0.1) is 11.3 Å². The zero-order valence-corrected chi connectivity index (χ0v) is 9.72. The SMILES string of the molecule is CC(C)(C)NCc1cc(C(F)(F)F)cs1. The van der Waals surface area contributed by atoms with Crippen molar-refractivity contribution in [2.75, 3.05) is 0 Å². The van der Waals surface area contributed by atoms with Gasteiger partial charge in [-0.2, -0.15) is 13.2 Å². The Bertz CT molecular complexity index is 322. The Balaban J connectivity index is 2.62. The second-order valence-corrected chi connectivity index (χ2v) is 5.40. The lowest BCUT2D eigenvalue weighted by Gasteiger charge is -2.19. The van der Waals surface area contributed by atoms with Crippen molar-refractivity contribution < 1.29 is 13.2 Å². The molecule has 0 atom stereocenters.